The Kier molecular flexibility index (Phi) is 5.46. The van der Waals surface area contributed by atoms with Crippen molar-refractivity contribution in [1.29, 1.82) is 0 Å². The number of ether oxygens (including phenoxy) is 1. The number of carbonyl (C=O) groups excluding carboxylic acids is 2. The van der Waals surface area contributed by atoms with Crippen LogP contribution in [0.1, 0.15) is 17.4 Å². The number of ketones is 1. The maximum absolute atomic E-state index is 13.2. The average molecular weight is 400 g/mol. The highest BCUT2D eigenvalue weighted by Gasteiger charge is 2.47. The first-order valence-electron chi connectivity index (χ1n) is 9.44. The Hall–Kier alpha value is -2.97. The third-order valence-electron chi connectivity index (χ3n) is 5.23. The van der Waals surface area contributed by atoms with Gasteiger partial charge in [-0.1, -0.05) is 0 Å². The molecule has 0 radical (unpaired) electrons. The first-order valence-corrected chi connectivity index (χ1v) is 9.44. The van der Waals surface area contributed by atoms with E-state index in [2.05, 4.69) is 4.90 Å². The molecule has 1 aromatic carbocycles. The summed E-state index contributed by atoms with van der Waals surface area (Å²) >= 11 is 0. The number of amides is 1. The monoisotopic (exact) mass is 400 g/mol. The molecule has 1 atom stereocenters. The van der Waals surface area contributed by atoms with Crippen molar-refractivity contribution in [3.8, 4) is 0 Å². The lowest BCUT2D eigenvalue weighted by molar-refractivity contribution is -0.140. The fourth-order valence-corrected chi connectivity index (χ4v) is 3.69. The quantitative estimate of drug-likeness (QED) is 0.471. The number of furan rings is 1. The molecule has 7 nitrogen and oxygen atoms in total. The Labute approximate surface area is 167 Å². The fraction of sp³-hybridized carbons (Fsp3) is 0.333. The highest BCUT2D eigenvalue weighted by atomic mass is 19.1. The molecule has 29 heavy (non-hydrogen) atoms. The topological polar surface area (TPSA) is 83.2 Å². The highest BCUT2D eigenvalue weighted by molar-refractivity contribution is 6.46. The van der Waals surface area contributed by atoms with Crippen LogP contribution in [0.3, 0.4) is 0 Å². The maximum atomic E-state index is 13.2. The number of hydrogen-bond donors (Lipinski definition) is 1. The molecule has 0 spiro atoms. The maximum Gasteiger partial charge on any atom is 0.295 e. The van der Waals surface area contributed by atoms with Crippen LogP contribution in [-0.2, 0) is 14.3 Å². The molecule has 2 aromatic rings. The van der Waals surface area contributed by atoms with E-state index in [1.54, 1.807) is 12.1 Å². The summed E-state index contributed by atoms with van der Waals surface area (Å²) in [4.78, 5) is 29.1. The van der Waals surface area contributed by atoms with Crippen molar-refractivity contribution >= 4 is 17.4 Å². The number of nitrogens with zero attached hydrogens (tertiary/aromatic N) is 2. The van der Waals surface area contributed by atoms with Crippen LogP contribution in [0, 0.1) is 5.82 Å². The first kappa shape index (κ1) is 19.4. The van der Waals surface area contributed by atoms with Gasteiger partial charge in [0.15, 0.2) is 0 Å². The molecule has 0 bridgehead atoms. The number of halogens is 1. The van der Waals surface area contributed by atoms with Crippen LogP contribution in [-0.4, -0.2) is 66.0 Å². The summed E-state index contributed by atoms with van der Waals surface area (Å²) in [5.41, 5.74) is 0.202. The van der Waals surface area contributed by atoms with Gasteiger partial charge in [0.1, 0.15) is 23.4 Å². The summed E-state index contributed by atoms with van der Waals surface area (Å²) in [5, 5.41) is 10.8. The van der Waals surface area contributed by atoms with E-state index in [0.29, 0.717) is 32.1 Å². The normalized spacial score (nSPS) is 22.4. The predicted octanol–water partition coefficient (Wildman–Crippen LogP) is 2.17. The highest BCUT2D eigenvalue weighted by Crippen LogP contribution is 2.39. The molecule has 152 valence electrons. The minimum atomic E-state index is -0.837. The van der Waals surface area contributed by atoms with Crippen molar-refractivity contribution in [2.24, 2.45) is 0 Å². The molecule has 3 heterocycles. The van der Waals surface area contributed by atoms with Gasteiger partial charge < -0.3 is 19.2 Å². The number of hydrogen-bond acceptors (Lipinski definition) is 6. The average Bonchev–Trinajstić information content (AvgIpc) is 3.35. The standard InChI is InChI=1S/C21H21FN2O5/c22-15-5-3-14(4-6-15)19(25)17-18(16-2-1-11-29-16)24(21(27)20(17)26)8-7-23-9-12-28-13-10-23/h1-6,11,18,25H,7-10,12-13H2/b19-17+/t18-/m0/s1. The molecule has 1 amide bonds. The Morgan fingerprint density at radius 3 is 2.48 bits per heavy atom. The van der Waals surface area contributed by atoms with Gasteiger partial charge in [-0.2, -0.15) is 0 Å². The number of Topliss-reactive ketones (excluding diaryl/α,β-unsaturated/α-hetero) is 1. The second-order valence-electron chi connectivity index (χ2n) is 6.97. The van der Waals surface area contributed by atoms with E-state index < -0.39 is 23.5 Å². The van der Waals surface area contributed by atoms with E-state index in [9.17, 15) is 19.1 Å². The zero-order valence-corrected chi connectivity index (χ0v) is 15.7. The number of likely N-dealkylation sites (tertiary alicyclic amines) is 1. The number of aliphatic hydroxyl groups excluding tert-OH is 1. The van der Waals surface area contributed by atoms with E-state index in [4.69, 9.17) is 9.15 Å². The predicted molar refractivity (Wildman–Crippen MR) is 101 cm³/mol. The van der Waals surface area contributed by atoms with Gasteiger partial charge in [0.05, 0.1) is 25.1 Å². The van der Waals surface area contributed by atoms with Gasteiger partial charge in [-0.05, 0) is 36.4 Å². The molecule has 1 N–H and O–H groups in total. The Bertz CT molecular complexity index is 917. The summed E-state index contributed by atoms with van der Waals surface area (Å²) < 4.78 is 24.1. The largest absolute Gasteiger partial charge is 0.507 e. The second-order valence-corrected chi connectivity index (χ2v) is 6.97. The van der Waals surface area contributed by atoms with E-state index in [0.717, 1.165) is 13.1 Å². The molecule has 4 rings (SSSR count). The molecule has 2 fully saturated rings. The van der Waals surface area contributed by atoms with Crippen LogP contribution in [0.5, 0.6) is 0 Å². The Morgan fingerprint density at radius 1 is 1.10 bits per heavy atom. The van der Waals surface area contributed by atoms with Crippen LogP contribution < -0.4 is 0 Å². The number of aliphatic hydroxyl groups is 1. The van der Waals surface area contributed by atoms with E-state index in [1.807, 2.05) is 0 Å². The van der Waals surface area contributed by atoms with Gasteiger partial charge in [-0.25, -0.2) is 4.39 Å². The molecule has 1 aromatic heterocycles. The summed E-state index contributed by atoms with van der Waals surface area (Å²) in [5.74, 6) is -1.90. The molecule has 2 aliphatic heterocycles. The van der Waals surface area contributed by atoms with Crippen LogP contribution >= 0.6 is 0 Å². The van der Waals surface area contributed by atoms with Crippen molar-refractivity contribution in [3.05, 3.63) is 65.4 Å². The van der Waals surface area contributed by atoms with E-state index >= 15 is 0 Å². The van der Waals surface area contributed by atoms with Gasteiger partial charge in [0.2, 0.25) is 0 Å². The van der Waals surface area contributed by atoms with Crippen molar-refractivity contribution in [2.45, 2.75) is 6.04 Å². The van der Waals surface area contributed by atoms with Crippen molar-refractivity contribution < 1.29 is 28.2 Å². The summed E-state index contributed by atoms with van der Waals surface area (Å²) in [6, 6.07) is 7.59. The molecule has 8 heteroatoms. The number of morpholine rings is 1. The van der Waals surface area contributed by atoms with Gasteiger partial charge >= 0.3 is 0 Å². The zero-order valence-electron chi connectivity index (χ0n) is 15.7. The van der Waals surface area contributed by atoms with Crippen molar-refractivity contribution in [3.63, 3.8) is 0 Å². The lowest BCUT2D eigenvalue weighted by Crippen LogP contribution is -2.42. The number of carbonyl (C=O) groups is 2. The molecule has 0 aliphatic carbocycles. The minimum absolute atomic E-state index is 0.0569. The lowest BCUT2D eigenvalue weighted by Gasteiger charge is -2.30. The van der Waals surface area contributed by atoms with Crippen molar-refractivity contribution in [2.75, 3.05) is 39.4 Å². The van der Waals surface area contributed by atoms with Gasteiger partial charge in [0.25, 0.3) is 11.7 Å². The second kappa shape index (κ2) is 8.18. The van der Waals surface area contributed by atoms with Crippen molar-refractivity contribution in [1.82, 2.24) is 9.80 Å². The number of benzene rings is 1. The van der Waals surface area contributed by atoms with Gasteiger partial charge in [0, 0.05) is 31.7 Å². The summed E-state index contributed by atoms with van der Waals surface area (Å²) in [6.45, 7) is 3.64. The van der Waals surface area contributed by atoms with Gasteiger partial charge in [-0.3, -0.25) is 14.5 Å². The van der Waals surface area contributed by atoms with Crippen LogP contribution in [0.15, 0.2) is 52.7 Å². The van der Waals surface area contributed by atoms with Crippen LogP contribution in [0.4, 0.5) is 4.39 Å². The Balaban J connectivity index is 1.68. The number of rotatable bonds is 5. The fourth-order valence-electron chi connectivity index (χ4n) is 3.69. The molecule has 0 unspecified atom stereocenters. The Morgan fingerprint density at radius 2 is 1.83 bits per heavy atom. The lowest BCUT2D eigenvalue weighted by atomic mass is 9.99. The first-order chi connectivity index (χ1) is 14.1. The van der Waals surface area contributed by atoms with Crippen LogP contribution in [0.25, 0.3) is 5.76 Å². The smallest absolute Gasteiger partial charge is 0.295 e. The van der Waals surface area contributed by atoms with Crippen LogP contribution in [0.2, 0.25) is 0 Å². The van der Waals surface area contributed by atoms with E-state index in [-0.39, 0.29) is 16.9 Å². The van der Waals surface area contributed by atoms with Gasteiger partial charge in [-0.15, -0.1) is 0 Å². The molecular formula is C21H21FN2O5. The minimum Gasteiger partial charge on any atom is -0.507 e. The third kappa shape index (κ3) is 3.81. The molecule has 2 aliphatic rings. The van der Waals surface area contributed by atoms with E-state index in [1.165, 1.54) is 35.4 Å². The summed E-state index contributed by atoms with van der Waals surface area (Å²) in [6.07, 6.45) is 1.45. The molecular weight excluding hydrogens is 379 g/mol. The third-order valence-corrected chi connectivity index (χ3v) is 5.23. The SMILES string of the molecule is O=C1C(=O)N(CCN2CCOCC2)[C@@H](c2ccco2)/C1=C(\O)c1ccc(F)cc1. The summed E-state index contributed by atoms with van der Waals surface area (Å²) in [7, 11) is 0. The zero-order chi connectivity index (χ0) is 20.4. The molecule has 0 saturated carbocycles. The molecule has 2 saturated heterocycles.